The van der Waals surface area contributed by atoms with Crippen LogP contribution in [0.2, 0.25) is 15.1 Å². The molecule has 9 heteroatoms. The van der Waals surface area contributed by atoms with Gasteiger partial charge < -0.3 is 10.5 Å². The molecule has 0 aromatic heterocycles. The molecule has 2 aliphatic rings. The Kier molecular flexibility index (Phi) is 8.06. The molecule has 2 N–H and O–H groups in total. The molecular formula is C33H29Cl3FN3O2. The van der Waals surface area contributed by atoms with Crippen molar-refractivity contribution in [3.05, 3.63) is 114 Å². The van der Waals surface area contributed by atoms with Crippen LogP contribution < -0.4 is 15.4 Å². The van der Waals surface area contributed by atoms with Crippen LogP contribution in [0.3, 0.4) is 0 Å². The number of benzene rings is 3. The van der Waals surface area contributed by atoms with E-state index in [1.807, 2.05) is 39.8 Å². The van der Waals surface area contributed by atoms with Crippen molar-refractivity contribution in [3.63, 3.8) is 0 Å². The number of allylic oxidation sites excluding steroid dienone is 3. The fraction of sp³-hybridized carbons (Fsp3) is 0.273. The third kappa shape index (κ3) is 5.49. The number of nitrogens with zero attached hydrogens (tertiary/aromatic N) is 2. The Morgan fingerprint density at radius 3 is 2.48 bits per heavy atom. The molecule has 5 rings (SSSR count). The molecule has 3 aromatic carbocycles. The van der Waals surface area contributed by atoms with Crippen molar-refractivity contribution >= 4 is 46.3 Å². The van der Waals surface area contributed by atoms with Gasteiger partial charge in [-0.05, 0) is 78.8 Å². The van der Waals surface area contributed by atoms with Gasteiger partial charge in [-0.15, -0.1) is 0 Å². The number of ether oxygens (including phenoxy) is 1. The molecule has 1 atom stereocenters. The van der Waals surface area contributed by atoms with E-state index in [4.69, 9.17) is 45.3 Å². The SMILES string of the molecule is Cc1cc(COc2ccc(F)cc2Cl)c(C)c(C2C(C#N)=C(N)N(c3ccc(Cl)cc3Cl)C3=C2C(=O)CC(C)(C)C3)c1. The lowest BCUT2D eigenvalue weighted by atomic mass is 9.68. The second kappa shape index (κ2) is 11.3. The van der Waals surface area contributed by atoms with Crippen LogP contribution in [0.4, 0.5) is 10.1 Å². The van der Waals surface area contributed by atoms with Crippen molar-refractivity contribution in [2.75, 3.05) is 4.90 Å². The minimum Gasteiger partial charge on any atom is -0.487 e. The van der Waals surface area contributed by atoms with E-state index in [0.29, 0.717) is 39.9 Å². The first-order valence-corrected chi connectivity index (χ1v) is 14.5. The van der Waals surface area contributed by atoms with Crippen molar-refractivity contribution in [2.45, 2.75) is 53.1 Å². The van der Waals surface area contributed by atoms with Crippen LogP contribution in [0.5, 0.6) is 5.75 Å². The van der Waals surface area contributed by atoms with Crippen LogP contribution in [-0.4, -0.2) is 5.78 Å². The Labute approximate surface area is 259 Å². The lowest BCUT2D eigenvalue weighted by Gasteiger charge is -2.44. The number of anilines is 1. The van der Waals surface area contributed by atoms with Crippen LogP contribution in [0.15, 0.2) is 71.2 Å². The number of nitriles is 1. The molecule has 0 radical (unpaired) electrons. The standard InChI is InChI=1S/C33H29Cl3FN3O2/c1-17-9-19(16-42-29-8-6-21(37)12-25(29)36)18(2)22(10-17)30-23(15-38)32(39)40(26-7-5-20(34)11-24(26)35)27-13-33(3,4)14-28(41)31(27)30/h5-12,30H,13-14,16,39H2,1-4H3. The van der Waals surface area contributed by atoms with Crippen LogP contribution in [0.25, 0.3) is 0 Å². The maximum atomic E-state index is 14.0. The minimum atomic E-state index is -0.677. The Morgan fingerprint density at radius 2 is 1.81 bits per heavy atom. The maximum Gasteiger partial charge on any atom is 0.162 e. The number of hydrogen-bond donors (Lipinski definition) is 1. The normalized spacial score (nSPS) is 18.2. The zero-order valence-electron chi connectivity index (χ0n) is 23.6. The smallest absolute Gasteiger partial charge is 0.162 e. The van der Waals surface area contributed by atoms with Gasteiger partial charge in [0, 0.05) is 22.7 Å². The molecule has 1 unspecified atom stereocenters. The molecule has 0 spiro atoms. The predicted octanol–water partition coefficient (Wildman–Crippen LogP) is 8.92. The highest BCUT2D eigenvalue weighted by molar-refractivity contribution is 6.36. The number of ketones is 1. The van der Waals surface area contributed by atoms with Crippen molar-refractivity contribution in [2.24, 2.45) is 11.1 Å². The van der Waals surface area contributed by atoms with Gasteiger partial charge in [0.05, 0.1) is 33.3 Å². The zero-order chi connectivity index (χ0) is 30.5. The third-order valence-electron chi connectivity index (χ3n) is 7.82. The van der Waals surface area contributed by atoms with Crippen LogP contribution in [0, 0.1) is 36.4 Å². The Morgan fingerprint density at radius 1 is 1.07 bits per heavy atom. The maximum absolute atomic E-state index is 14.0. The van der Waals surface area contributed by atoms with E-state index in [9.17, 15) is 14.4 Å². The number of nitrogens with two attached hydrogens (primary N) is 1. The van der Waals surface area contributed by atoms with E-state index >= 15 is 0 Å². The van der Waals surface area contributed by atoms with Gasteiger partial charge in [-0.1, -0.05) is 66.3 Å². The summed E-state index contributed by atoms with van der Waals surface area (Å²) in [5, 5.41) is 11.5. The number of rotatable bonds is 5. The summed E-state index contributed by atoms with van der Waals surface area (Å²) in [4.78, 5) is 15.7. The minimum absolute atomic E-state index is 0.0432. The van der Waals surface area contributed by atoms with Gasteiger partial charge in [-0.3, -0.25) is 9.69 Å². The molecule has 3 aromatic rings. The number of Topliss-reactive ketones (excluding diaryl/α,β-unsaturated/α-hetero) is 1. The summed E-state index contributed by atoms with van der Waals surface area (Å²) in [5.74, 6) is -0.606. The molecule has 1 aliphatic carbocycles. The van der Waals surface area contributed by atoms with Gasteiger partial charge in [0.1, 0.15) is 24.0 Å². The lowest BCUT2D eigenvalue weighted by Crippen LogP contribution is -2.42. The number of carbonyl (C=O) groups excluding carboxylic acids is 1. The van der Waals surface area contributed by atoms with Gasteiger partial charge in [0.15, 0.2) is 5.78 Å². The second-order valence-electron chi connectivity index (χ2n) is 11.6. The van der Waals surface area contributed by atoms with Gasteiger partial charge in [-0.2, -0.15) is 5.26 Å². The number of halogens is 4. The average Bonchev–Trinajstić information content (AvgIpc) is 2.89. The molecule has 0 bridgehead atoms. The summed E-state index contributed by atoms with van der Waals surface area (Å²) in [6.45, 7) is 8.11. The lowest BCUT2D eigenvalue weighted by molar-refractivity contribution is -0.118. The van der Waals surface area contributed by atoms with Gasteiger partial charge in [-0.25, -0.2) is 4.39 Å². The van der Waals surface area contributed by atoms with E-state index in [1.54, 1.807) is 23.1 Å². The predicted molar refractivity (Wildman–Crippen MR) is 165 cm³/mol. The fourth-order valence-corrected chi connectivity index (χ4v) is 6.63. The second-order valence-corrected chi connectivity index (χ2v) is 12.8. The number of hydrogen-bond acceptors (Lipinski definition) is 5. The highest BCUT2D eigenvalue weighted by Crippen LogP contribution is 2.52. The van der Waals surface area contributed by atoms with Crippen molar-refractivity contribution in [3.8, 4) is 11.8 Å². The Hall–Kier alpha value is -3.50. The molecular weight excluding hydrogens is 596 g/mol. The first-order chi connectivity index (χ1) is 19.8. The summed E-state index contributed by atoms with van der Waals surface area (Å²) in [5.41, 5.74) is 11.9. The molecule has 0 saturated heterocycles. The van der Waals surface area contributed by atoms with E-state index < -0.39 is 11.7 Å². The highest BCUT2D eigenvalue weighted by Gasteiger charge is 2.45. The topological polar surface area (TPSA) is 79.3 Å². The average molecular weight is 625 g/mol. The summed E-state index contributed by atoms with van der Waals surface area (Å²) >= 11 is 19.0. The quantitative estimate of drug-likeness (QED) is 0.307. The first-order valence-electron chi connectivity index (χ1n) is 13.4. The van der Waals surface area contributed by atoms with Crippen molar-refractivity contribution in [1.82, 2.24) is 0 Å². The Bertz CT molecular complexity index is 1740. The van der Waals surface area contributed by atoms with Crippen molar-refractivity contribution < 1.29 is 13.9 Å². The molecule has 0 amide bonds. The number of aryl methyl sites for hydroxylation is 1. The zero-order valence-corrected chi connectivity index (χ0v) is 25.9. The summed E-state index contributed by atoms with van der Waals surface area (Å²) in [6, 6.07) is 15.3. The summed E-state index contributed by atoms with van der Waals surface area (Å²) in [7, 11) is 0. The molecule has 1 aliphatic heterocycles. The van der Waals surface area contributed by atoms with E-state index in [1.165, 1.54) is 18.2 Å². The van der Waals surface area contributed by atoms with Crippen LogP contribution >= 0.6 is 34.8 Å². The molecule has 5 nitrogen and oxygen atoms in total. The molecule has 42 heavy (non-hydrogen) atoms. The number of carbonyl (C=O) groups is 1. The van der Waals surface area contributed by atoms with Crippen LogP contribution in [-0.2, 0) is 11.4 Å². The van der Waals surface area contributed by atoms with E-state index in [2.05, 4.69) is 6.07 Å². The first kappa shape index (κ1) is 30.0. The van der Waals surface area contributed by atoms with E-state index in [0.717, 1.165) is 28.0 Å². The monoisotopic (exact) mass is 623 g/mol. The molecule has 0 saturated carbocycles. The van der Waals surface area contributed by atoms with Gasteiger partial charge >= 0.3 is 0 Å². The fourth-order valence-electron chi connectivity index (χ4n) is 5.92. The van der Waals surface area contributed by atoms with E-state index in [-0.39, 0.29) is 34.2 Å². The third-order valence-corrected chi connectivity index (χ3v) is 8.65. The molecule has 216 valence electrons. The highest BCUT2D eigenvalue weighted by atomic mass is 35.5. The van der Waals surface area contributed by atoms with Gasteiger partial charge in [0.2, 0.25) is 0 Å². The molecule has 1 heterocycles. The van der Waals surface area contributed by atoms with Crippen LogP contribution in [0.1, 0.15) is 54.9 Å². The van der Waals surface area contributed by atoms with Gasteiger partial charge in [0.25, 0.3) is 0 Å². The summed E-state index contributed by atoms with van der Waals surface area (Å²) in [6.07, 6.45) is 0.875. The Balaban J connectivity index is 1.68. The van der Waals surface area contributed by atoms with Crippen molar-refractivity contribution in [1.29, 1.82) is 5.26 Å². The molecule has 0 fully saturated rings. The largest absolute Gasteiger partial charge is 0.487 e. The summed E-state index contributed by atoms with van der Waals surface area (Å²) < 4.78 is 19.5.